The molecule has 0 aliphatic carbocycles. The first-order valence-electron chi connectivity index (χ1n) is 13.0. The van der Waals surface area contributed by atoms with Crippen molar-refractivity contribution in [2.45, 2.75) is 52.5 Å². The van der Waals surface area contributed by atoms with Crippen LogP contribution in [0, 0.1) is 27.7 Å². The van der Waals surface area contributed by atoms with Crippen LogP contribution in [0.15, 0.2) is 57.9 Å². The third-order valence-corrected chi connectivity index (χ3v) is 7.98. The van der Waals surface area contributed by atoms with Crippen LogP contribution in [0.3, 0.4) is 0 Å². The number of anilines is 1. The van der Waals surface area contributed by atoms with Gasteiger partial charge in [-0.3, -0.25) is 9.71 Å². The molecule has 0 amide bonds. The van der Waals surface area contributed by atoms with Gasteiger partial charge in [0.05, 0.1) is 24.3 Å². The zero-order valence-corrected chi connectivity index (χ0v) is 24.5. The maximum absolute atomic E-state index is 13.5. The highest BCUT2D eigenvalue weighted by molar-refractivity contribution is 7.92. The van der Waals surface area contributed by atoms with Crippen molar-refractivity contribution >= 4 is 15.8 Å². The van der Waals surface area contributed by atoms with Crippen molar-refractivity contribution in [3.63, 3.8) is 0 Å². The summed E-state index contributed by atoms with van der Waals surface area (Å²) in [6.07, 6.45) is 0.594. The molecule has 0 fully saturated rings. The molecule has 2 heterocycles. The Bertz CT molecular complexity index is 1600. The molecule has 2 aromatic carbocycles. The second-order valence-corrected chi connectivity index (χ2v) is 11.1. The van der Waals surface area contributed by atoms with E-state index in [9.17, 15) is 8.42 Å². The van der Waals surface area contributed by atoms with Crippen LogP contribution in [0.4, 0.5) is 5.82 Å². The highest BCUT2D eigenvalue weighted by Gasteiger charge is 2.23. The molecule has 212 valence electrons. The Hall–Kier alpha value is -3.89. The van der Waals surface area contributed by atoms with E-state index in [4.69, 9.17) is 18.7 Å². The number of aromatic nitrogens is 2. The third kappa shape index (κ3) is 6.46. The fourth-order valence-electron chi connectivity index (χ4n) is 4.45. The average molecular weight is 566 g/mol. The van der Waals surface area contributed by atoms with E-state index in [0.29, 0.717) is 54.6 Å². The number of pyridine rings is 1. The van der Waals surface area contributed by atoms with Crippen LogP contribution in [0.5, 0.6) is 11.5 Å². The molecule has 4 aromatic rings. The second-order valence-electron chi connectivity index (χ2n) is 9.42. The van der Waals surface area contributed by atoms with Gasteiger partial charge in [-0.15, -0.1) is 0 Å². The summed E-state index contributed by atoms with van der Waals surface area (Å²) in [6, 6.07) is 14.7. The molecule has 1 N–H and O–H groups in total. The lowest BCUT2D eigenvalue weighted by Gasteiger charge is -2.17. The predicted molar refractivity (Wildman–Crippen MR) is 153 cm³/mol. The molecular weight excluding hydrogens is 530 g/mol. The van der Waals surface area contributed by atoms with Crippen molar-refractivity contribution in [3.8, 4) is 22.6 Å². The van der Waals surface area contributed by atoms with Crippen LogP contribution < -0.4 is 14.2 Å². The quantitative estimate of drug-likeness (QED) is 0.210. The van der Waals surface area contributed by atoms with Crippen molar-refractivity contribution < 1.29 is 27.2 Å². The average Bonchev–Trinajstić information content (AvgIpc) is 3.23. The molecule has 0 aliphatic heterocycles. The first kappa shape index (κ1) is 29.1. The molecular formula is C30H35N3O6S. The summed E-state index contributed by atoms with van der Waals surface area (Å²) in [4.78, 5) is 4.58. The summed E-state index contributed by atoms with van der Waals surface area (Å²) in [5, 5.41) is 3.87. The number of hydrogen-bond acceptors (Lipinski definition) is 8. The van der Waals surface area contributed by atoms with E-state index >= 15 is 0 Å². The number of methoxy groups -OCH3 is 1. The fraction of sp³-hybridized carbons (Fsp3) is 0.333. The Balaban J connectivity index is 1.69. The van der Waals surface area contributed by atoms with Crippen molar-refractivity contribution in [1.82, 2.24) is 10.1 Å². The highest BCUT2D eigenvalue weighted by atomic mass is 32.2. The highest BCUT2D eigenvalue weighted by Crippen LogP contribution is 2.34. The number of nitrogens with one attached hydrogen (secondary N) is 1. The molecule has 0 spiro atoms. The largest absolute Gasteiger partial charge is 0.491 e. The van der Waals surface area contributed by atoms with E-state index in [1.54, 1.807) is 39.2 Å². The van der Waals surface area contributed by atoms with Gasteiger partial charge in [0.15, 0.2) is 17.3 Å². The van der Waals surface area contributed by atoms with Gasteiger partial charge < -0.3 is 18.7 Å². The predicted octanol–water partition coefficient (Wildman–Crippen LogP) is 5.94. The van der Waals surface area contributed by atoms with E-state index in [-0.39, 0.29) is 10.7 Å². The fourth-order valence-corrected chi connectivity index (χ4v) is 5.73. The molecule has 40 heavy (non-hydrogen) atoms. The van der Waals surface area contributed by atoms with Gasteiger partial charge in [0.1, 0.15) is 12.4 Å². The van der Waals surface area contributed by atoms with Crippen LogP contribution in [0.2, 0.25) is 0 Å². The smallest absolute Gasteiger partial charge is 0.263 e. The number of aryl methyl sites for hydroxylation is 3. The van der Waals surface area contributed by atoms with E-state index in [0.717, 1.165) is 28.1 Å². The van der Waals surface area contributed by atoms with Gasteiger partial charge in [-0.1, -0.05) is 41.6 Å². The Labute approximate surface area is 235 Å². The molecule has 9 nitrogen and oxygen atoms in total. The molecule has 10 heteroatoms. The van der Waals surface area contributed by atoms with Crippen molar-refractivity contribution in [1.29, 1.82) is 0 Å². The minimum Gasteiger partial charge on any atom is -0.491 e. The summed E-state index contributed by atoms with van der Waals surface area (Å²) in [6.45, 7) is 10.6. The summed E-state index contributed by atoms with van der Waals surface area (Å²) < 4.78 is 52.0. The Morgan fingerprint density at radius 3 is 2.48 bits per heavy atom. The normalized spacial score (nSPS) is 11.4. The first-order valence-corrected chi connectivity index (χ1v) is 14.5. The van der Waals surface area contributed by atoms with Crippen molar-refractivity contribution in [2.24, 2.45) is 0 Å². The van der Waals surface area contributed by atoms with E-state index in [1.165, 1.54) is 0 Å². The Morgan fingerprint density at radius 2 is 1.77 bits per heavy atom. The number of nitrogens with zero attached hydrogens (tertiary/aromatic N) is 2. The molecule has 0 atom stereocenters. The topological polar surface area (TPSA) is 113 Å². The minimum atomic E-state index is -3.96. The first-order chi connectivity index (χ1) is 19.1. The molecule has 2 aromatic heterocycles. The maximum Gasteiger partial charge on any atom is 0.263 e. The molecule has 0 unspecified atom stereocenters. The van der Waals surface area contributed by atoms with Gasteiger partial charge in [-0.05, 0) is 63.8 Å². The van der Waals surface area contributed by atoms with Crippen LogP contribution in [-0.4, -0.2) is 38.9 Å². The van der Waals surface area contributed by atoms with E-state index in [2.05, 4.69) is 14.9 Å². The van der Waals surface area contributed by atoms with Crippen LogP contribution in [0.25, 0.3) is 11.1 Å². The number of rotatable bonds is 12. The molecule has 0 saturated heterocycles. The number of sulfonamides is 1. The molecule has 0 bridgehead atoms. The van der Waals surface area contributed by atoms with Gasteiger partial charge in [0, 0.05) is 29.5 Å². The molecule has 0 radical (unpaired) electrons. The number of hydrogen-bond donors (Lipinski definition) is 1. The van der Waals surface area contributed by atoms with Gasteiger partial charge in [0.25, 0.3) is 10.0 Å². The van der Waals surface area contributed by atoms with Crippen LogP contribution >= 0.6 is 0 Å². The lowest BCUT2D eigenvalue weighted by Crippen LogP contribution is -2.15. The Kier molecular flexibility index (Phi) is 9.11. The second kappa shape index (κ2) is 12.5. The standard InChI is InChI=1S/C30H35N3O6S/c1-7-37-15-14-24-17-23(18-38-27-16-19(2)31-21(4)29(27)36-6)12-13-25(24)26-10-8-9-11-28(26)40(34,35)33-30-20(3)22(5)39-32-30/h8-13,16-17H,7,14-15,18H2,1-6H3,(H,32,33). The van der Waals surface area contributed by atoms with Gasteiger partial charge >= 0.3 is 0 Å². The summed E-state index contributed by atoms with van der Waals surface area (Å²) >= 11 is 0. The molecule has 4 rings (SSSR count). The van der Waals surface area contributed by atoms with E-state index < -0.39 is 10.0 Å². The molecule has 0 saturated carbocycles. The van der Waals surface area contributed by atoms with Crippen LogP contribution in [-0.2, 0) is 27.8 Å². The van der Waals surface area contributed by atoms with Gasteiger partial charge in [-0.2, -0.15) is 0 Å². The SMILES string of the molecule is CCOCCc1cc(COc2cc(C)nc(C)c2OC)ccc1-c1ccccc1S(=O)(=O)Nc1noc(C)c1C. The summed E-state index contributed by atoms with van der Waals surface area (Å²) in [5.41, 5.74) is 5.48. The van der Waals surface area contributed by atoms with Crippen molar-refractivity contribution in [2.75, 3.05) is 25.0 Å². The minimum absolute atomic E-state index is 0.143. The lowest BCUT2D eigenvalue weighted by atomic mass is 9.96. The maximum atomic E-state index is 13.5. The van der Waals surface area contributed by atoms with Crippen molar-refractivity contribution in [3.05, 3.63) is 82.4 Å². The van der Waals surface area contributed by atoms with Gasteiger partial charge in [-0.25, -0.2) is 8.42 Å². The van der Waals surface area contributed by atoms with Gasteiger partial charge in [0.2, 0.25) is 0 Å². The summed E-state index contributed by atoms with van der Waals surface area (Å²) in [5.74, 6) is 1.95. The summed E-state index contributed by atoms with van der Waals surface area (Å²) in [7, 11) is -2.37. The zero-order chi connectivity index (χ0) is 28.9. The van der Waals surface area contributed by atoms with Crippen LogP contribution in [0.1, 0.15) is 40.8 Å². The number of benzene rings is 2. The monoisotopic (exact) mass is 565 g/mol. The molecule has 0 aliphatic rings. The third-order valence-electron chi connectivity index (χ3n) is 6.58. The Morgan fingerprint density at radius 1 is 1.00 bits per heavy atom. The van der Waals surface area contributed by atoms with E-state index in [1.807, 2.05) is 51.1 Å². The zero-order valence-electron chi connectivity index (χ0n) is 23.7. The lowest BCUT2D eigenvalue weighted by molar-refractivity contribution is 0.151. The number of ether oxygens (including phenoxy) is 3.